The van der Waals surface area contributed by atoms with Crippen molar-refractivity contribution < 1.29 is 15.0 Å². The number of aliphatic hydroxyl groups excluding tert-OH is 2. The Balaban J connectivity index is 3.46. The van der Waals surface area contributed by atoms with Crippen LogP contribution in [-0.2, 0) is 4.79 Å². The number of nitrogens with one attached hydrogen (secondary N) is 1. The summed E-state index contributed by atoms with van der Waals surface area (Å²) in [6.45, 7) is 4.35. The van der Waals surface area contributed by atoms with E-state index in [0.717, 1.165) is 32.1 Å². The first-order valence-electron chi connectivity index (χ1n) is 22.0. The molecule has 4 nitrogen and oxygen atoms in total. The van der Waals surface area contributed by atoms with E-state index in [2.05, 4.69) is 43.5 Å². The van der Waals surface area contributed by atoms with Gasteiger partial charge in [0.1, 0.15) is 0 Å². The van der Waals surface area contributed by atoms with Crippen LogP contribution in [0.3, 0.4) is 0 Å². The maximum Gasteiger partial charge on any atom is 0.220 e. The van der Waals surface area contributed by atoms with E-state index in [1.54, 1.807) is 0 Å². The van der Waals surface area contributed by atoms with Gasteiger partial charge in [-0.3, -0.25) is 4.79 Å². The fourth-order valence-electron chi connectivity index (χ4n) is 6.80. The standard InChI is InChI=1S/C45H87NO3/c1-3-5-7-9-11-13-15-16-17-18-19-20-21-22-23-24-25-26-27-28-29-30-31-33-35-37-39-41-45(49)46-43(42-47)44(48)40-38-36-34-32-14-12-10-8-6-4-2/h19-20,22-23,43-44,47-48H,3-18,21,24-42H2,1-2H3,(H,46,49)/b20-19-,23-22-. The highest BCUT2D eigenvalue weighted by molar-refractivity contribution is 5.76. The van der Waals surface area contributed by atoms with E-state index >= 15 is 0 Å². The van der Waals surface area contributed by atoms with Gasteiger partial charge in [-0.1, -0.05) is 212 Å². The molecule has 0 aromatic heterocycles. The molecule has 2 unspecified atom stereocenters. The quantitative estimate of drug-likeness (QED) is 0.0443. The van der Waals surface area contributed by atoms with Gasteiger partial charge in [-0.15, -0.1) is 0 Å². The molecule has 0 fully saturated rings. The number of hydrogen-bond donors (Lipinski definition) is 3. The van der Waals surface area contributed by atoms with Crippen LogP contribution in [0.4, 0.5) is 0 Å². The Bertz CT molecular complexity index is 705. The Hall–Kier alpha value is -1.13. The summed E-state index contributed by atoms with van der Waals surface area (Å²) in [6.07, 6.45) is 52.6. The minimum absolute atomic E-state index is 0.0342. The van der Waals surface area contributed by atoms with Gasteiger partial charge in [-0.25, -0.2) is 0 Å². The van der Waals surface area contributed by atoms with Gasteiger partial charge in [-0.2, -0.15) is 0 Å². The van der Waals surface area contributed by atoms with E-state index in [1.807, 2.05) is 0 Å². The minimum atomic E-state index is -0.656. The maximum atomic E-state index is 12.4. The third kappa shape index (κ3) is 37.9. The number of allylic oxidation sites excluding steroid dienone is 4. The lowest BCUT2D eigenvalue weighted by Crippen LogP contribution is -2.45. The van der Waals surface area contributed by atoms with Crippen molar-refractivity contribution in [2.75, 3.05) is 6.61 Å². The van der Waals surface area contributed by atoms with Crippen molar-refractivity contribution in [2.24, 2.45) is 0 Å². The van der Waals surface area contributed by atoms with Crippen molar-refractivity contribution in [1.29, 1.82) is 0 Å². The molecule has 0 heterocycles. The molecule has 0 aliphatic heterocycles. The van der Waals surface area contributed by atoms with E-state index in [4.69, 9.17) is 0 Å². The summed E-state index contributed by atoms with van der Waals surface area (Å²) in [7, 11) is 0. The molecule has 0 aliphatic rings. The number of amides is 1. The van der Waals surface area contributed by atoms with Gasteiger partial charge in [0, 0.05) is 6.42 Å². The maximum absolute atomic E-state index is 12.4. The fourth-order valence-corrected chi connectivity index (χ4v) is 6.80. The zero-order valence-electron chi connectivity index (χ0n) is 33.2. The van der Waals surface area contributed by atoms with Crippen molar-refractivity contribution in [3.05, 3.63) is 24.3 Å². The van der Waals surface area contributed by atoms with Gasteiger partial charge < -0.3 is 15.5 Å². The first kappa shape index (κ1) is 47.9. The molecule has 0 saturated carbocycles. The molecular formula is C45H87NO3. The summed E-state index contributed by atoms with van der Waals surface area (Å²) < 4.78 is 0. The van der Waals surface area contributed by atoms with Crippen LogP contribution < -0.4 is 5.32 Å². The smallest absolute Gasteiger partial charge is 0.220 e. The number of aliphatic hydroxyl groups is 2. The number of rotatable bonds is 40. The highest BCUT2D eigenvalue weighted by atomic mass is 16.3. The minimum Gasteiger partial charge on any atom is -0.394 e. The van der Waals surface area contributed by atoms with Crippen LogP contribution in [0.2, 0.25) is 0 Å². The molecule has 0 saturated heterocycles. The molecule has 0 radical (unpaired) electrons. The molecule has 2 atom stereocenters. The van der Waals surface area contributed by atoms with Gasteiger partial charge in [0.05, 0.1) is 18.8 Å². The summed E-state index contributed by atoms with van der Waals surface area (Å²) in [5.74, 6) is -0.0342. The molecule has 3 N–H and O–H groups in total. The second-order valence-corrected chi connectivity index (χ2v) is 15.1. The average Bonchev–Trinajstić information content (AvgIpc) is 3.10. The van der Waals surface area contributed by atoms with Crippen LogP contribution >= 0.6 is 0 Å². The number of hydrogen-bond acceptors (Lipinski definition) is 3. The average molecular weight is 690 g/mol. The molecule has 1 amide bonds. The zero-order chi connectivity index (χ0) is 35.7. The lowest BCUT2D eigenvalue weighted by atomic mass is 10.0. The first-order chi connectivity index (χ1) is 24.2. The highest BCUT2D eigenvalue weighted by Crippen LogP contribution is 2.15. The Labute approximate surface area is 307 Å². The molecule has 290 valence electrons. The van der Waals surface area contributed by atoms with Crippen LogP contribution in [0.1, 0.15) is 239 Å². The molecule has 0 aliphatic carbocycles. The number of carbonyl (C=O) groups is 1. The van der Waals surface area contributed by atoms with Gasteiger partial charge >= 0.3 is 0 Å². The van der Waals surface area contributed by atoms with Crippen molar-refractivity contribution in [2.45, 2.75) is 251 Å². The number of unbranched alkanes of at least 4 members (excludes halogenated alkanes) is 29. The fraction of sp³-hybridized carbons (Fsp3) is 0.889. The van der Waals surface area contributed by atoms with Crippen LogP contribution in [0.5, 0.6) is 0 Å². The molecule has 0 aromatic rings. The molecule has 0 spiro atoms. The van der Waals surface area contributed by atoms with Crippen molar-refractivity contribution in [1.82, 2.24) is 5.32 Å². The third-order valence-electron chi connectivity index (χ3n) is 10.2. The molecule has 49 heavy (non-hydrogen) atoms. The largest absolute Gasteiger partial charge is 0.394 e. The summed E-state index contributed by atoms with van der Waals surface area (Å²) in [6, 6.07) is -0.533. The van der Waals surface area contributed by atoms with Gasteiger partial charge in [-0.05, 0) is 44.9 Å². The Kier molecular flexibility index (Phi) is 40.3. The van der Waals surface area contributed by atoms with Gasteiger partial charge in [0.2, 0.25) is 5.91 Å². The van der Waals surface area contributed by atoms with E-state index < -0.39 is 12.1 Å². The predicted molar refractivity (Wildman–Crippen MR) is 216 cm³/mol. The Morgan fingerprint density at radius 3 is 1.22 bits per heavy atom. The van der Waals surface area contributed by atoms with E-state index in [9.17, 15) is 15.0 Å². The SMILES string of the molecule is CCCCCCCCCCC/C=C\C/C=C\CCCCCCCCCCCCCC(=O)NC(CO)C(O)CCCCCCCCCCCC. The Morgan fingerprint density at radius 1 is 0.490 bits per heavy atom. The summed E-state index contributed by atoms with van der Waals surface area (Å²) in [4.78, 5) is 12.4. The highest BCUT2D eigenvalue weighted by Gasteiger charge is 2.20. The van der Waals surface area contributed by atoms with Crippen LogP contribution in [0, 0.1) is 0 Å². The summed E-state index contributed by atoms with van der Waals surface area (Å²) in [5.41, 5.74) is 0. The van der Waals surface area contributed by atoms with Crippen molar-refractivity contribution in [3.63, 3.8) is 0 Å². The second kappa shape index (κ2) is 41.3. The predicted octanol–water partition coefficient (Wildman–Crippen LogP) is 13.6. The van der Waals surface area contributed by atoms with Crippen LogP contribution in [0.15, 0.2) is 24.3 Å². The zero-order valence-corrected chi connectivity index (χ0v) is 33.2. The molecule has 0 aromatic carbocycles. The molecule has 0 bridgehead atoms. The first-order valence-corrected chi connectivity index (χ1v) is 22.0. The topological polar surface area (TPSA) is 69.6 Å². The van der Waals surface area contributed by atoms with Crippen molar-refractivity contribution in [3.8, 4) is 0 Å². The summed E-state index contributed by atoms with van der Waals surface area (Å²) >= 11 is 0. The molecule has 0 rings (SSSR count). The van der Waals surface area contributed by atoms with Crippen LogP contribution in [-0.4, -0.2) is 34.9 Å². The Morgan fingerprint density at radius 2 is 0.837 bits per heavy atom. The number of carbonyl (C=O) groups excluding carboxylic acids is 1. The van der Waals surface area contributed by atoms with Crippen LogP contribution in [0.25, 0.3) is 0 Å². The lowest BCUT2D eigenvalue weighted by Gasteiger charge is -2.22. The molecular weight excluding hydrogens is 602 g/mol. The van der Waals surface area contributed by atoms with Crippen molar-refractivity contribution >= 4 is 5.91 Å². The van der Waals surface area contributed by atoms with Gasteiger partial charge in [0.25, 0.3) is 0 Å². The van der Waals surface area contributed by atoms with E-state index in [1.165, 1.54) is 180 Å². The second-order valence-electron chi connectivity index (χ2n) is 15.1. The molecule has 4 heteroatoms. The van der Waals surface area contributed by atoms with Gasteiger partial charge in [0.15, 0.2) is 0 Å². The van der Waals surface area contributed by atoms with E-state index in [-0.39, 0.29) is 12.5 Å². The normalized spacial score (nSPS) is 13.1. The lowest BCUT2D eigenvalue weighted by molar-refractivity contribution is -0.123. The monoisotopic (exact) mass is 690 g/mol. The van der Waals surface area contributed by atoms with E-state index in [0.29, 0.717) is 12.8 Å². The summed E-state index contributed by atoms with van der Waals surface area (Å²) in [5, 5.41) is 23.1. The third-order valence-corrected chi connectivity index (χ3v) is 10.2.